The maximum absolute atomic E-state index is 2.62. The summed E-state index contributed by atoms with van der Waals surface area (Å²) < 4.78 is 2.43. The normalized spacial score (nSPS) is 14.4. The van der Waals surface area contributed by atoms with Gasteiger partial charge in [0.2, 0.25) is 0 Å². The van der Waals surface area contributed by atoms with Crippen molar-refractivity contribution in [3.63, 3.8) is 0 Å². The molecule has 1 aliphatic heterocycles. The topological polar surface area (TPSA) is 11.4 Å². The van der Waals surface area contributed by atoms with E-state index in [4.69, 9.17) is 0 Å². The maximum Gasteiger partial charge on any atom is 0.0541 e. The fourth-order valence-corrected chi connectivity index (χ4v) is 10.3. The Morgan fingerprint density at radius 1 is 0.542 bits per heavy atom. The summed E-state index contributed by atoms with van der Waals surface area (Å²) in [5.41, 5.74) is 17.6. The van der Waals surface area contributed by atoms with Crippen molar-refractivity contribution in [3.8, 4) is 27.9 Å². The second kappa shape index (κ2) is 13.2. The third-order valence-electron chi connectivity index (χ3n) is 13.2. The lowest BCUT2D eigenvalue weighted by molar-refractivity contribution is 0.483. The first kappa shape index (κ1) is 35.6. The molecule has 0 radical (unpaired) electrons. The minimum atomic E-state index is -0.192. The highest BCUT2D eigenvalue weighted by molar-refractivity contribution is 6.09. The minimum absolute atomic E-state index is 0.0282. The molecule has 1 aromatic heterocycles. The number of aryl methyl sites for hydroxylation is 1. The van der Waals surface area contributed by atoms with Gasteiger partial charge >= 0.3 is 0 Å². The molecule has 3 heteroatoms. The monoisotopic (exact) mass is 763 g/mol. The van der Waals surface area contributed by atoms with E-state index in [1.54, 1.807) is 0 Å². The van der Waals surface area contributed by atoms with Crippen LogP contribution in [0, 0.1) is 0 Å². The number of rotatable bonds is 5. The number of hydrogen-bond donors (Lipinski definition) is 0. The fourth-order valence-electron chi connectivity index (χ4n) is 10.3. The van der Waals surface area contributed by atoms with Crippen LogP contribution in [0.5, 0.6) is 0 Å². The third kappa shape index (κ3) is 5.62. The molecule has 9 aromatic rings. The van der Waals surface area contributed by atoms with Crippen LogP contribution in [0.25, 0.3) is 60.5 Å². The molecule has 0 bridgehead atoms. The van der Waals surface area contributed by atoms with E-state index in [0.29, 0.717) is 0 Å². The molecule has 59 heavy (non-hydrogen) atoms. The zero-order valence-corrected chi connectivity index (χ0v) is 34.6. The Bertz CT molecular complexity index is 3070. The standard InChI is InChI=1S/C56H49N3/c1-55(2,3)57-31-15-18-38-27-28-40(33-53(38)57)48-35-44(36-50-54(48)47-23-8-11-24-49(47)56(50,4)5)58(43-30-29-37-16-6-7-17-39(37)32-43)41-19-14-20-42(34-41)59-51-25-12-9-21-45(51)46-22-10-13-26-52(46)59/h6-14,16-17,19-30,32-36H,15,18,31H2,1-5H3. The van der Waals surface area contributed by atoms with E-state index in [-0.39, 0.29) is 11.0 Å². The van der Waals surface area contributed by atoms with Crippen LogP contribution in [0.2, 0.25) is 0 Å². The van der Waals surface area contributed by atoms with Gasteiger partial charge < -0.3 is 14.4 Å². The number of hydrogen-bond acceptors (Lipinski definition) is 2. The van der Waals surface area contributed by atoms with Gasteiger partial charge in [0, 0.05) is 56.7 Å². The van der Waals surface area contributed by atoms with Gasteiger partial charge in [-0.15, -0.1) is 0 Å². The first-order valence-electron chi connectivity index (χ1n) is 21.2. The van der Waals surface area contributed by atoms with Crippen molar-refractivity contribution in [2.24, 2.45) is 0 Å². The number of nitrogens with zero attached hydrogens (tertiary/aromatic N) is 3. The van der Waals surface area contributed by atoms with Gasteiger partial charge in [-0.1, -0.05) is 123 Å². The van der Waals surface area contributed by atoms with Crippen LogP contribution < -0.4 is 9.80 Å². The maximum atomic E-state index is 2.62. The Balaban J connectivity index is 1.18. The molecule has 0 saturated carbocycles. The quantitative estimate of drug-likeness (QED) is 0.173. The van der Waals surface area contributed by atoms with E-state index in [2.05, 4.69) is 219 Å². The van der Waals surface area contributed by atoms with Gasteiger partial charge in [-0.25, -0.2) is 0 Å². The molecule has 0 amide bonds. The number of para-hydroxylation sites is 2. The predicted molar refractivity (Wildman–Crippen MR) is 251 cm³/mol. The Morgan fingerprint density at radius 3 is 2.02 bits per heavy atom. The summed E-state index contributed by atoms with van der Waals surface area (Å²) in [4.78, 5) is 5.12. The van der Waals surface area contributed by atoms with Gasteiger partial charge in [-0.05, 0) is 144 Å². The van der Waals surface area contributed by atoms with Crippen LogP contribution in [0.3, 0.4) is 0 Å². The van der Waals surface area contributed by atoms with Crippen LogP contribution in [-0.2, 0) is 11.8 Å². The van der Waals surface area contributed by atoms with Crippen LogP contribution in [0.15, 0.2) is 170 Å². The molecule has 3 nitrogen and oxygen atoms in total. The van der Waals surface area contributed by atoms with Gasteiger partial charge in [0.05, 0.1) is 11.0 Å². The van der Waals surface area contributed by atoms with Crippen molar-refractivity contribution >= 4 is 55.3 Å². The first-order chi connectivity index (χ1) is 28.6. The zero-order valence-electron chi connectivity index (χ0n) is 34.6. The Kier molecular flexibility index (Phi) is 7.97. The summed E-state index contributed by atoms with van der Waals surface area (Å²) in [6.45, 7) is 12.9. The number of aromatic nitrogens is 1. The van der Waals surface area contributed by atoms with E-state index in [9.17, 15) is 0 Å². The molecular weight excluding hydrogens is 715 g/mol. The Morgan fingerprint density at radius 2 is 1.24 bits per heavy atom. The molecular formula is C56H49N3. The van der Waals surface area contributed by atoms with E-state index >= 15 is 0 Å². The SMILES string of the molecule is CC1(C)c2ccccc2-c2c(-c3ccc4c(c3)N(C(C)(C)C)CCC4)cc(N(c3cccc(-n4c5ccccc5c5ccccc54)c3)c3ccc4ccccc4c3)cc21. The average Bonchev–Trinajstić information content (AvgIpc) is 3.71. The fraction of sp³-hybridized carbons (Fsp3) is 0.179. The second-order valence-corrected chi connectivity index (χ2v) is 18.1. The molecule has 288 valence electrons. The van der Waals surface area contributed by atoms with Gasteiger partial charge in [-0.2, -0.15) is 0 Å². The number of benzene rings is 8. The highest BCUT2D eigenvalue weighted by Gasteiger charge is 2.38. The number of fused-ring (bicyclic) bond motifs is 8. The molecule has 0 spiro atoms. The molecule has 1 aliphatic carbocycles. The lowest BCUT2D eigenvalue weighted by Crippen LogP contribution is -2.44. The van der Waals surface area contributed by atoms with Crippen LogP contribution in [-0.4, -0.2) is 16.7 Å². The number of anilines is 4. The van der Waals surface area contributed by atoms with E-state index in [0.717, 1.165) is 35.7 Å². The van der Waals surface area contributed by atoms with Crippen LogP contribution >= 0.6 is 0 Å². The third-order valence-corrected chi connectivity index (χ3v) is 13.2. The molecule has 11 rings (SSSR count). The highest BCUT2D eigenvalue weighted by Crippen LogP contribution is 2.55. The smallest absolute Gasteiger partial charge is 0.0541 e. The van der Waals surface area contributed by atoms with E-state index < -0.39 is 0 Å². The molecule has 2 aliphatic rings. The Labute approximate surface area is 347 Å². The molecule has 0 unspecified atom stereocenters. The second-order valence-electron chi connectivity index (χ2n) is 18.1. The van der Waals surface area contributed by atoms with Gasteiger partial charge in [-0.3, -0.25) is 0 Å². The Hall–Kier alpha value is -6.58. The molecule has 0 atom stereocenters. The highest BCUT2D eigenvalue weighted by atomic mass is 15.2. The van der Waals surface area contributed by atoms with Gasteiger partial charge in [0.25, 0.3) is 0 Å². The molecule has 8 aromatic carbocycles. The van der Waals surface area contributed by atoms with Crippen molar-refractivity contribution in [1.29, 1.82) is 0 Å². The zero-order chi connectivity index (χ0) is 40.0. The molecule has 2 heterocycles. The van der Waals surface area contributed by atoms with Crippen molar-refractivity contribution in [2.45, 2.75) is 58.4 Å². The average molecular weight is 764 g/mol. The molecule has 0 N–H and O–H groups in total. The van der Waals surface area contributed by atoms with Crippen LogP contribution in [0.4, 0.5) is 22.7 Å². The lowest BCUT2D eigenvalue weighted by atomic mass is 9.81. The van der Waals surface area contributed by atoms with Gasteiger partial charge in [0.15, 0.2) is 0 Å². The summed E-state index contributed by atoms with van der Waals surface area (Å²) in [6, 6.07) is 63.7. The summed E-state index contributed by atoms with van der Waals surface area (Å²) in [7, 11) is 0. The van der Waals surface area contributed by atoms with Crippen molar-refractivity contribution < 1.29 is 0 Å². The first-order valence-corrected chi connectivity index (χ1v) is 21.2. The molecule has 0 saturated heterocycles. The van der Waals surface area contributed by atoms with Gasteiger partial charge in [0.1, 0.15) is 0 Å². The molecule has 0 fully saturated rings. The van der Waals surface area contributed by atoms with E-state index in [1.165, 1.54) is 83.6 Å². The largest absolute Gasteiger partial charge is 0.366 e. The summed E-state index contributed by atoms with van der Waals surface area (Å²) in [6.07, 6.45) is 2.30. The summed E-state index contributed by atoms with van der Waals surface area (Å²) in [5, 5.41) is 4.98. The van der Waals surface area contributed by atoms with E-state index in [1.807, 2.05) is 0 Å². The summed E-state index contributed by atoms with van der Waals surface area (Å²) in [5.74, 6) is 0. The summed E-state index contributed by atoms with van der Waals surface area (Å²) >= 11 is 0. The van der Waals surface area contributed by atoms with Crippen molar-refractivity contribution in [3.05, 3.63) is 187 Å². The van der Waals surface area contributed by atoms with Crippen molar-refractivity contribution in [2.75, 3.05) is 16.3 Å². The van der Waals surface area contributed by atoms with Crippen molar-refractivity contribution in [1.82, 2.24) is 4.57 Å². The van der Waals surface area contributed by atoms with Crippen LogP contribution in [0.1, 0.15) is 57.7 Å². The predicted octanol–water partition coefficient (Wildman–Crippen LogP) is 14.9. The minimum Gasteiger partial charge on any atom is -0.366 e. The lowest BCUT2D eigenvalue weighted by Gasteiger charge is -2.42.